The number of nitroso groups, excluding NO2 is 1. The SMILES string of the molecule is CN([O-])C1C=C(N=O)CCC1. The number of nitrogens with zero attached hydrogens (tertiary/aromatic N) is 2. The fraction of sp³-hybridized carbons (Fsp3) is 0.714. The van der Waals surface area contributed by atoms with Crippen molar-refractivity contribution >= 4 is 0 Å². The molecule has 0 aromatic carbocycles. The van der Waals surface area contributed by atoms with E-state index in [1.54, 1.807) is 6.08 Å². The molecule has 0 fully saturated rings. The molecule has 1 rings (SSSR count). The van der Waals surface area contributed by atoms with Crippen molar-refractivity contribution in [2.24, 2.45) is 5.18 Å². The van der Waals surface area contributed by atoms with Gasteiger partial charge in [-0.1, -0.05) is 0 Å². The van der Waals surface area contributed by atoms with E-state index in [0.29, 0.717) is 12.1 Å². The van der Waals surface area contributed by atoms with E-state index < -0.39 is 0 Å². The highest BCUT2D eigenvalue weighted by atomic mass is 16.5. The second-order valence-corrected chi connectivity index (χ2v) is 2.76. The fourth-order valence-electron chi connectivity index (χ4n) is 1.24. The van der Waals surface area contributed by atoms with E-state index in [4.69, 9.17) is 0 Å². The van der Waals surface area contributed by atoms with Gasteiger partial charge in [0.25, 0.3) is 0 Å². The van der Waals surface area contributed by atoms with E-state index in [2.05, 4.69) is 5.18 Å². The minimum atomic E-state index is -0.142. The number of hydrogen-bond donors (Lipinski definition) is 0. The summed E-state index contributed by atoms with van der Waals surface area (Å²) in [5.74, 6) is 0. The molecule has 4 nitrogen and oxygen atoms in total. The molecule has 0 aliphatic heterocycles. The third-order valence-corrected chi connectivity index (χ3v) is 1.90. The van der Waals surface area contributed by atoms with Gasteiger partial charge in [-0.2, -0.15) is 0 Å². The van der Waals surface area contributed by atoms with Crippen LogP contribution in [0.4, 0.5) is 0 Å². The summed E-state index contributed by atoms with van der Waals surface area (Å²) < 4.78 is 0. The first-order valence-electron chi connectivity index (χ1n) is 3.68. The number of hydroxylamine groups is 2. The van der Waals surface area contributed by atoms with Crippen LogP contribution in [0.15, 0.2) is 16.9 Å². The Morgan fingerprint density at radius 2 is 2.55 bits per heavy atom. The Labute approximate surface area is 65.4 Å². The van der Waals surface area contributed by atoms with Crippen molar-refractivity contribution in [2.45, 2.75) is 25.3 Å². The Hall–Kier alpha value is -0.740. The molecule has 0 saturated carbocycles. The zero-order valence-electron chi connectivity index (χ0n) is 6.49. The normalized spacial score (nSPS) is 25.0. The minimum Gasteiger partial charge on any atom is -0.785 e. The molecule has 1 atom stereocenters. The van der Waals surface area contributed by atoms with E-state index in [9.17, 15) is 10.1 Å². The van der Waals surface area contributed by atoms with Crippen molar-refractivity contribution in [1.82, 2.24) is 5.06 Å². The molecule has 0 saturated heterocycles. The Morgan fingerprint density at radius 1 is 1.82 bits per heavy atom. The van der Waals surface area contributed by atoms with Gasteiger partial charge in [-0.25, -0.2) is 0 Å². The Kier molecular flexibility index (Phi) is 2.73. The fourth-order valence-corrected chi connectivity index (χ4v) is 1.24. The van der Waals surface area contributed by atoms with Crippen molar-refractivity contribution in [3.63, 3.8) is 0 Å². The van der Waals surface area contributed by atoms with Gasteiger partial charge in [0.1, 0.15) is 0 Å². The predicted molar refractivity (Wildman–Crippen MR) is 42.6 cm³/mol. The van der Waals surface area contributed by atoms with Crippen molar-refractivity contribution in [3.8, 4) is 0 Å². The van der Waals surface area contributed by atoms with Gasteiger partial charge in [0, 0.05) is 6.04 Å². The van der Waals surface area contributed by atoms with Gasteiger partial charge in [0.05, 0.1) is 5.70 Å². The van der Waals surface area contributed by atoms with Crippen LogP contribution in [0.5, 0.6) is 0 Å². The van der Waals surface area contributed by atoms with Gasteiger partial charge < -0.3 is 10.3 Å². The van der Waals surface area contributed by atoms with Gasteiger partial charge in [-0.3, -0.25) is 0 Å². The lowest BCUT2D eigenvalue weighted by atomic mass is 10.0. The summed E-state index contributed by atoms with van der Waals surface area (Å²) in [6.45, 7) is 0. The average Bonchev–Trinajstić information content (AvgIpc) is 2.05. The maximum Gasteiger partial charge on any atom is 0.0824 e. The average molecular weight is 155 g/mol. The summed E-state index contributed by atoms with van der Waals surface area (Å²) in [5.41, 5.74) is 0.518. The first-order chi connectivity index (χ1) is 5.24. The van der Waals surface area contributed by atoms with Crippen LogP contribution in [0.25, 0.3) is 0 Å². The number of rotatable bonds is 2. The topological polar surface area (TPSA) is 55.7 Å². The van der Waals surface area contributed by atoms with E-state index in [0.717, 1.165) is 17.9 Å². The highest BCUT2D eigenvalue weighted by Crippen LogP contribution is 2.20. The van der Waals surface area contributed by atoms with Crippen LogP contribution >= 0.6 is 0 Å². The number of likely N-dealkylation sites (N-methyl/N-ethyl adjacent to an activating group) is 1. The molecule has 11 heavy (non-hydrogen) atoms. The molecule has 62 valence electrons. The van der Waals surface area contributed by atoms with Crippen LogP contribution in [0.2, 0.25) is 0 Å². The highest BCUT2D eigenvalue weighted by Gasteiger charge is 2.12. The van der Waals surface area contributed by atoms with Gasteiger partial charge >= 0.3 is 0 Å². The molecule has 0 spiro atoms. The Morgan fingerprint density at radius 3 is 3.09 bits per heavy atom. The molecular formula is C7H11N2O2-. The molecule has 0 amide bonds. The lowest BCUT2D eigenvalue weighted by Gasteiger charge is -2.32. The van der Waals surface area contributed by atoms with Crippen LogP contribution in [0.1, 0.15) is 19.3 Å². The van der Waals surface area contributed by atoms with Crippen molar-refractivity contribution in [2.75, 3.05) is 7.05 Å². The third-order valence-electron chi connectivity index (χ3n) is 1.90. The molecule has 1 aliphatic rings. The molecule has 0 heterocycles. The van der Waals surface area contributed by atoms with E-state index in [1.807, 2.05) is 0 Å². The second-order valence-electron chi connectivity index (χ2n) is 2.76. The van der Waals surface area contributed by atoms with Crippen molar-refractivity contribution < 1.29 is 0 Å². The minimum absolute atomic E-state index is 0.142. The van der Waals surface area contributed by atoms with Crippen LogP contribution in [0.3, 0.4) is 0 Å². The number of hydrogen-bond acceptors (Lipinski definition) is 4. The molecule has 0 aromatic rings. The van der Waals surface area contributed by atoms with Crippen LogP contribution in [0, 0.1) is 10.1 Å². The molecule has 0 bridgehead atoms. The van der Waals surface area contributed by atoms with E-state index in [-0.39, 0.29) is 6.04 Å². The monoisotopic (exact) mass is 155 g/mol. The van der Waals surface area contributed by atoms with Crippen molar-refractivity contribution in [1.29, 1.82) is 0 Å². The largest absolute Gasteiger partial charge is 0.785 e. The second kappa shape index (κ2) is 3.59. The standard InChI is InChI=1S/C7H11N2O2/c1-9(11)7-4-2-3-6(5-7)8-10/h5,7H,2-4H2,1H3/q-1. The first kappa shape index (κ1) is 8.36. The summed E-state index contributed by atoms with van der Waals surface area (Å²) in [5, 5.41) is 14.5. The van der Waals surface area contributed by atoms with Crippen LogP contribution < -0.4 is 0 Å². The maximum atomic E-state index is 10.8. The Bertz CT molecular complexity index is 177. The zero-order chi connectivity index (χ0) is 8.27. The molecular weight excluding hydrogens is 144 g/mol. The predicted octanol–water partition coefficient (Wildman–Crippen LogP) is 1.62. The molecule has 1 aliphatic carbocycles. The van der Waals surface area contributed by atoms with Crippen molar-refractivity contribution in [3.05, 3.63) is 21.9 Å². The lowest BCUT2D eigenvalue weighted by Crippen LogP contribution is -2.26. The lowest BCUT2D eigenvalue weighted by molar-refractivity contribution is 0.348. The Balaban J connectivity index is 2.62. The van der Waals surface area contributed by atoms with Crippen LogP contribution in [-0.4, -0.2) is 18.2 Å². The van der Waals surface area contributed by atoms with Gasteiger partial charge in [-0.05, 0) is 37.6 Å². The zero-order valence-corrected chi connectivity index (χ0v) is 6.49. The molecule has 0 radical (unpaired) electrons. The highest BCUT2D eigenvalue weighted by molar-refractivity contribution is 5.09. The quantitative estimate of drug-likeness (QED) is 0.449. The number of allylic oxidation sites excluding steroid dienone is 1. The molecule has 0 aromatic heterocycles. The first-order valence-corrected chi connectivity index (χ1v) is 3.68. The maximum absolute atomic E-state index is 10.8. The van der Waals surface area contributed by atoms with Gasteiger partial charge in [0.15, 0.2) is 0 Å². The van der Waals surface area contributed by atoms with Crippen LogP contribution in [-0.2, 0) is 0 Å². The summed E-state index contributed by atoms with van der Waals surface area (Å²) in [6.07, 6.45) is 4.09. The van der Waals surface area contributed by atoms with Gasteiger partial charge in [0.2, 0.25) is 0 Å². The summed E-state index contributed by atoms with van der Waals surface area (Å²) >= 11 is 0. The van der Waals surface area contributed by atoms with Gasteiger partial charge in [-0.15, -0.1) is 4.91 Å². The van der Waals surface area contributed by atoms with E-state index in [1.165, 1.54) is 7.05 Å². The molecule has 1 unspecified atom stereocenters. The molecule has 0 N–H and O–H groups in total. The molecule has 4 heteroatoms. The third kappa shape index (κ3) is 2.10. The summed E-state index contributed by atoms with van der Waals surface area (Å²) in [4.78, 5) is 10.1. The summed E-state index contributed by atoms with van der Waals surface area (Å²) in [7, 11) is 1.47. The smallest absolute Gasteiger partial charge is 0.0824 e. The summed E-state index contributed by atoms with van der Waals surface area (Å²) in [6, 6.07) is -0.142. The van der Waals surface area contributed by atoms with E-state index >= 15 is 0 Å².